The molecule has 2 aliphatic heterocycles. The minimum Gasteiger partial charge on any atom is -0.493 e. The second kappa shape index (κ2) is 4.30. The summed E-state index contributed by atoms with van der Waals surface area (Å²) in [5.74, 6) is 2.19. The number of aliphatic hydroxyl groups is 1. The first kappa shape index (κ1) is 10.5. The molecular formula is C13H16O2S. The van der Waals surface area contributed by atoms with E-state index in [-0.39, 0.29) is 6.10 Å². The molecule has 2 unspecified atom stereocenters. The monoisotopic (exact) mass is 236 g/mol. The topological polar surface area (TPSA) is 29.5 Å². The lowest BCUT2D eigenvalue weighted by Gasteiger charge is -2.17. The second-order valence-electron chi connectivity index (χ2n) is 4.46. The lowest BCUT2D eigenvalue weighted by atomic mass is 10.0. The van der Waals surface area contributed by atoms with Gasteiger partial charge in [0.05, 0.1) is 12.7 Å². The van der Waals surface area contributed by atoms with Crippen LogP contribution >= 0.6 is 11.8 Å². The van der Waals surface area contributed by atoms with E-state index >= 15 is 0 Å². The zero-order chi connectivity index (χ0) is 11.0. The van der Waals surface area contributed by atoms with Crippen LogP contribution in [0.25, 0.3) is 0 Å². The van der Waals surface area contributed by atoms with Crippen LogP contribution in [0.15, 0.2) is 18.2 Å². The van der Waals surface area contributed by atoms with Crippen molar-refractivity contribution in [3.05, 3.63) is 29.3 Å². The van der Waals surface area contributed by atoms with E-state index in [9.17, 15) is 5.11 Å². The molecule has 0 spiro atoms. The first-order valence-corrected chi connectivity index (χ1v) is 6.95. The predicted octanol–water partition coefficient (Wildman–Crippen LogP) is 2.55. The molecule has 1 fully saturated rings. The van der Waals surface area contributed by atoms with E-state index in [2.05, 4.69) is 6.07 Å². The van der Waals surface area contributed by atoms with Crippen molar-refractivity contribution in [2.45, 2.75) is 30.6 Å². The van der Waals surface area contributed by atoms with Gasteiger partial charge in [-0.3, -0.25) is 0 Å². The quantitative estimate of drug-likeness (QED) is 0.855. The molecule has 0 aliphatic carbocycles. The highest BCUT2D eigenvalue weighted by Crippen LogP contribution is 2.37. The van der Waals surface area contributed by atoms with Crippen LogP contribution < -0.4 is 4.74 Å². The Balaban J connectivity index is 1.83. The van der Waals surface area contributed by atoms with Gasteiger partial charge in [-0.1, -0.05) is 6.07 Å². The molecule has 0 saturated carbocycles. The summed E-state index contributed by atoms with van der Waals surface area (Å²) in [5.41, 5.74) is 2.31. The van der Waals surface area contributed by atoms with Gasteiger partial charge in [0.25, 0.3) is 0 Å². The first-order chi connectivity index (χ1) is 7.84. The molecule has 2 atom stereocenters. The van der Waals surface area contributed by atoms with E-state index in [1.54, 1.807) is 0 Å². The summed E-state index contributed by atoms with van der Waals surface area (Å²) in [6.07, 6.45) is 3.05. The molecule has 0 aromatic heterocycles. The number of aliphatic hydroxyl groups excluding tert-OH is 1. The number of benzene rings is 1. The average Bonchev–Trinajstić information content (AvgIpc) is 2.98. The van der Waals surface area contributed by atoms with E-state index in [4.69, 9.17) is 4.74 Å². The van der Waals surface area contributed by atoms with Crippen molar-refractivity contribution in [2.24, 2.45) is 0 Å². The molecule has 3 heteroatoms. The van der Waals surface area contributed by atoms with Gasteiger partial charge in [0, 0.05) is 11.7 Å². The van der Waals surface area contributed by atoms with Gasteiger partial charge in [-0.15, -0.1) is 0 Å². The molecule has 2 nitrogen and oxygen atoms in total. The third kappa shape index (κ3) is 1.82. The summed E-state index contributed by atoms with van der Waals surface area (Å²) in [5, 5.41) is 10.7. The van der Waals surface area contributed by atoms with Crippen LogP contribution in [0.2, 0.25) is 0 Å². The molecule has 86 valence electrons. The van der Waals surface area contributed by atoms with Crippen molar-refractivity contribution >= 4 is 11.8 Å². The average molecular weight is 236 g/mol. The fraction of sp³-hybridized carbons (Fsp3) is 0.538. The van der Waals surface area contributed by atoms with E-state index in [0.717, 1.165) is 30.8 Å². The maximum atomic E-state index is 10.3. The molecule has 2 heterocycles. The minimum absolute atomic E-state index is 0.307. The number of fused-ring (bicyclic) bond motifs is 1. The minimum atomic E-state index is -0.307. The molecule has 1 saturated heterocycles. The van der Waals surface area contributed by atoms with E-state index < -0.39 is 0 Å². The summed E-state index contributed by atoms with van der Waals surface area (Å²) < 4.78 is 5.47. The first-order valence-electron chi connectivity index (χ1n) is 5.90. The summed E-state index contributed by atoms with van der Waals surface area (Å²) in [6.45, 7) is 0.785. The zero-order valence-electron chi connectivity index (χ0n) is 9.19. The number of hydrogen-bond donors (Lipinski definition) is 1. The van der Waals surface area contributed by atoms with Gasteiger partial charge in [-0.2, -0.15) is 11.8 Å². The Labute approximate surface area is 100 Å². The third-order valence-corrected chi connectivity index (χ3v) is 4.82. The molecule has 1 aromatic rings. The lowest BCUT2D eigenvalue weighted by Crippen LogP contribution is -2.11. The highest BCUT2D eigenvalue weighted by atomic mass is 32.2. The number of rotatable bonds is 2. The largest absolute Gasteiger partial charge is 0.493 e. The Morgan fingerprint density at radius 1 is 1.44 bits per heavy atom. The van der Waals surface area contributed by atoms with Gasteiger partial charge in [0.1, 0.15) is 5.75 Å². The molecule has 0 amide bonds. The summed E-state index contributed by atoms with van der Waals surface area (Å²) in [6, 6.07) is 6.13. The zero-order valence-corrected chi connectivity index (χ0v) is 10.0. The smallest absolute Gasteiger partial charge is 0.122 e. The molecule has 16 heavy (non-hydrogen) atoms. The molecule has 3 rings (SSSR count). The summed E-state index contributed by atoms with van der Waals surface area (Å²) >= 11 is 1.90. The Hall–Kier alpha value is -0.670. The molecule has 0 radical (unpaired) electrons. The van der Waals surface area contributed by atoms with Crippen molar-refractivity contribution in [3.8, 4) is 5.75 Å². The van der Waals surface area contributed by atoms with Gasteiger partial charge in [0.15, 0.2) is 0 Å². The van der Waals surface area contributed by atoms with Crippen molar-refractivity contribution in [2.75, 3.05) is 12.4 Å². The number of ether oxygens (including phenoxy) is 1. The Kier molecular flexibility index (Phi) is 2.82. The highest BCUT2D eigenvalue weighted by molar-refractivity contribution is 8.00. The van der Waals surface area contributed by atoms with Crippen LogP contribution in [0.1, 0.15) is 30.1 Å². The standard InChI is InChI=1S/C13H16O2S/c14-13(12-2-1-7-16-12)10-3-4-11-9(8-10)5-6-15-11/h3-4,8,12-14H,1-2,5-7H2. The molecule has 0 bridgehead atoms. The van der Waals surface area contributed by atoms with E-state index in [0.29, 0.717) is 5.25 Å². The van der Waals surface area contributed by atoms with Gasteiger partial charge in [-0.25, -0.2) is 0 Å². The normalized spacial score (nSPS) is 25.2. The van der Waals surface area contributed by atoms with Gasteiger partial charge >= 0.3 is 0 Å². The predicted molar refractivity (Wildman–Crippen MR) is 66.1 cm³/mol. The van der Waals surface area contributed by atoms with Crippen LogP contribution in [0.5, 0.6) is 5.75 Å². The van der Waals surface area contributed by atoms with Crippen LogP contribution in [0, 0.1) is 0 Å². The Bertz CT molecular complexity index is 386. The van der Waals surface area contributed by atoms with Crippen molar-refractivity contribution in [3.63, 3.8) is 0 Å². The Morgan fingerprint density at radius 2 is 2.38 bits per heavy atom. The van der Waals surface area contributed by atoms with Crippen LogP contribution in [0.3, 0.4) is 0 Å². The van der Waals surface area contributed by atoms with Gasteiger partial charge in [-0.05, 0) is 41.9 Å². The molecule has 1 aromatic carbocycles. The van der Waals surface area contributed by atoms with Crippen molar-refractivity contribution in [1.29, 1.82) is 0 Å². The van der Waals surface area contributed by atoms with E-state index in [1.807, 2.05) is 23.9 Å². The SMILES string of the molecule is OC(c1ccc2c(c1)CCO2)C1CCCS1. The fourth-order valence-electron chi connectivity index (χ4n) is 2.46. The van der Waals surface area contributed by atoms with Gasteiger partial charge in [0.2, 0.25) is 0 Å². The molecule has 1 N–H and O–H groups in total. The summed E-state index contributed by atoms with van der Waals surface area (Å²) in [7, 11) is 0. The third-order valence-electron chi connectivity index (χ3n) is 3.37. The molecule has 2 aliphatic rings. The highest BCUT2D eigenvalue weighted by Gasteiger charge is 2.26. The second-order valence-corrected chi connectivity index (χ2v) is 5.81. The van der Waals surface area contributed by atoms with E-state index in [1.165, 1.54) is 17.7 Å². The summed E-state index contributed by atoms with van der Waals surface area (Å²) in [4.78, 5) is 0. The fourth-order valence-corrected chi connectivity index (χ4v) is 3.77. The maximum Gasteiger partial charge on any atom is 0.122 e. The lowest BCUT2D eigenvalue weighted by molar-refractivity contribution is 0.173. The number of hydrogen-bond acceptors (Lipinski definition) is 3. The van der Waals surface area contributed by atoms with Crippen LogP contribution in [-0.2, 0) is 6.42 Å². The maximum absolute atomic E-state index is 10.3. The van der Waals surface area contributed by atoms with Crippen LogP contribution in [-0.4, -0.2) is 22.7 Å². The number of thioether (sulfide) groups is 1. The van der Waals surface area contributed by atoms with Crippen molar-refractivity contribution in [1.82, 2.24) is 0 Å². The van der Waals surface area contributed by atoms with Gasteiger partial charge < -0.3 is 9.84 Å². The van der Waals surface area contributed by atoms with Crippen LogP contribution in [0.4, 0.5) is 0 Å². The Morgan fingerprint density at radius 3 is 3.19 bits per heavy atom. The van der Waals surface area contributed by atoms with Crippen molar-refractivity contribution < 1.29 is 9.84 Å². The molecular weight excluding hydrogens is 220 g/mol.